The number of carbonyl (C=O) groups is 1. The number of piperidine rings is 1. The summed E-state index contributed by atoms with van der Waals surface area (Å²) in [5.41, 5.74) is 1.86. The van der Waals surface area contributed by atoms with E-state index < -0.39 is 0 Å². The van der Waals surface area contributed by atoms with Crippen LogP contribution >= 0.6 is 0 Å². The fourth-order valence-corrected chi connectivity index (χ4v) is 2.73. The quantitative estimate of drug-likeness (QED) is 0.820. The van der Waals surface area contributed by atoms with Crippen molar-refractivity contribution in [2.75, 3.05) is 6.54 Å². The lowest BCUT2D eigenvalue weighted by Gasteiger charge is -2.35. The molecule has 0 spiro atoms. The Hall–Kier alpha value is -2.03. The highest BCUT2D eigenvalue weighted by Gasteiger charge is 2.29. The van der Waals surface area contributed by atoms with E-state index >= 15 is 0 Å². The third-order valence-electron chi connectivity index (χ3n) is 3.71. The Labute approximate surface area is 112 Å². The summed E-state index contributed by atoms with van der Waals surface area (Å²) >= 11 is 0. The summed E-state index contributed by atoms with van der Waals surface area (Å²) in [7, 11) is 0. The minimum Gasteiger partial charge on any atom is -0.472 e. The van der Waals surface area contributed by atoms with Crippen LogP contribution in [0.4, 0.5) is 0 Å². The van der Waals surface area contributed by atoms with Crippen LogP contribution in [0.25, 0.3) is 0 Å². The molecule has 19 heavy (non-hydrogen) atoms. The maximum atomic E-state index is 12.6. The number of hydrogen-bond acceptors (Lipinski definition) is 2. The first-order chi connectivity index (χ1) is 9.36. The molecule has 1 atom stereocenters. The van der Waals surface area contributed by atoms with E-state index in [1.54, 1.807) is 12.5 Å². The number of nitrogens with zero attached hydrogens (tertiary/aromatic N) is 1. The lowest BCUT2D eigenvalue weighted by Crippen LogP contribution is -2.38. The zero-order chi connectivity index (χ0) is 13.1. The Morgan fingerprint density at radius 3 is 2.74 bits per heavy atom. The number of likely N-dealkylation sites (tertiary alicyclic amines) is 1. The van der Waals surface area contributed by atoms with Crippen molar-refractivity contribution in [1.29, 1.82) is 0 Å². The molecule has 1 aliphatic rings. The number of rotatable bonds is 2. The molecule has 1 fully saturated rings. The summed E-state index contributed by atoms with van der Waals surface area (Å²) in [6.07, 6.45) is 6.68. The van der Waals surface area contributed by atoms with Crippen LogP contribution in [0.5, 0.6) is 0 Å². The maximum absolute atomic E-state index is 12.6. The summed E-state index contributed by atoms with van der Waals surface area (Å²) in [4.78, 5) is 14.6. The van der Waals surface area contributed by atoms with Gasteiger partial charge in [0.05, 0.1) is 18.6 Å². The molecule has 0 N–H and O–H groups in total. The molecule has 0 aliphatic carbocycles. The number of hydrogen-bond donors (Lipinski definition) is 0. The van der Waals surface area contributed by atoms with E-state index in [4.69, 9.17) is 4.42 Å². The fraction of sp³-hybridized carbons (Fsp3) is 0.312. The monoisotopic (exact) mass is 255 g/mol. The molecular weight excluding hydrogens is 238 g/mol. The molecular formula is C16H17NO2. The third kappa shape index (κ3) is 2.41. The maximum Gasteiger partial charge on any atom is 0.254 e. The van der Waals surface area contributed by atoms with E-state index in [9.17, 15) is 4.79 Å². The Bertz CT molecular complexity index is 533. The molecule has 0 radical (unpaired) electrons. The molecule has 2 heterocycles. The van der Waals surface area contributed by atoms with Crippen LogP contribution in [0.1, 0.15) is 41.2 Å². The van der Waals surface area contributed by atoms with Gasteiger partial charge in [-0.3, -0.25) is 4.79 Å². The van der Waals surface area contributed by atoms with Crippen LogP contribution in [-0.4, -0.2) is 17.4 Å². The van der Waals surface area contributed by atoms with Crippen LogP contribution in [0.15, 0.2) is 53.3 Å². The molecule has 98 valence electrons. The first-order valence-electron chi connectivity index (χ1n) is 6.74. The van der Waals surface area contributed by atoms with Crippen LogP contribution in [0.2, 0.25) is 0 Å². The van der Waals surface area contributed by atoms with Crippen molar-refractivity contribution in [3.63, 3.8) is 0 Å². The van der Waals surface area contributed by atoms with Crippen molar-refractivity contribution in [2.24, 2.45) is 0 Å². The molecule has 1 aromatic heterocycles. The van der Waals surface area contributed by atoms with E-state index in [0.29, 0.717) is 0 Å². The van der Waals surface area contributed by atoms with E-state index in [0.717, 1.165) is 36.9 Å². The van der Waals surface area contributed by atoms with Gasteiger partial charge in [0.15, 0.2) is 0 Å². The molecule has 3 nitrogen and oxygen atoms in total. The predicted molar refractivity (Wildman–Crippen MR) is 72.8 cm³/mol. The summed E-state index contributed by atoms with van der Waals surface area (Å²) < 4.78 is 5.16. The van der Waals surface area contributed by atoms with Gasteiger partial charge >= 0.3 is 0 Å². The SMILES string of the molecule is O=C(c1ccccc1)N1CCCCC1c1ccoc1. The topological polar surface area (TPSA) is 33.5 Å². The van der Waals surface area contributed by atoms with E-state index in [2.05, 4.69) is 0 Å². The second-order valence-corrected chi connectivity index (χ2v) is 4.93. The van der Waals surface area contributed by atoms with Crippen LogP contribution < -0.4 is 0 Å². The fourth-order valence-electron chi connectivity index (χ4n) is 2.73. The van der Waals surface area contributed by atoms with E-state index in [1.807, 2.05) is 41.3 Å². The highest BCUT2D eigenvalue weighted by atomic mass is 16.3. The Morgan fingerprint density at radius 1 is 1.16 bits per heavy atom. The molecule has 2 aromatic rings. The smallest absolute Gasteiger partial charge is 0.254 e. The molecule has 1 aliphatic heterocycles. The molecule has 1 saturated heterocycles. The van der Waals surface area contributed by atoms with Gasteiger partial charge < -0.3 is 9.32 Å². The standard InChI is InChI=1S/C16H17NO2/c18-16(13-6-2-1-3-7-13)17-10-5-4-8-15(17)14-9-11-19-12-14/h1-3,6-7,9,11-12,15H,4-5,8,10H2. The number of furan rings is 1. The van der Waals surface area contributed by atoms with Gasteiger partial charge in [-0.2, -0.15) is 0 Å². The highest BCUT2D eigenvalue weighted by Crippen LogP contribution is 2.32. The van der Waals surface area contributed by atoms with E-state index in [-0.39, 0.29) is 11.9 Å². The lowest BCUT2D eigenvalue weighted by molar-refractivity contribution is 0.0611. The van der Waals surface area contributed by atoms with Crippen molar-refractivity contribution in [3.05, 3.63) is 60.1 Å². The first kappa shape index (κ1) is 12.0. The van der Waals surface area contributed by atoms with Gasteiger partial charge in [0.1, 0.15) is 0 Å². The molecule has 0 bridgehead atoms. The van der Waals surface area contributed by atoms with Crippen molar-refractivity contribution in [3.8, 4) is 0 Å². The molecule has 1 amide bonds. The van der Waals surface area contributed by atoms with E-state index in [1.165, 1.54) is 0 Å². The first-order valence-corrected chi connectivity index (χ1v) is 6.74. The minimum atomic E-state index is 0.117. The summed E-state index contributed by atoms with van der Waals surface area (Å²) in [5, 5.41) is 0. The van der Waals surface area contributed by atoms with Gasteiger partial charge in [0.2, 0.25) is 0 Å². The third-order valence-corrected chi connectivity index (χ3v) is 3.71. The highest BCUT2D eigenvalue weighted by molar-refractivity contribution is 5.94. The molecule has 1 unspecified atom stereocenters. The largest absolute Gasteiger partial charge is 0.472 e. The average molecular weight is 255 g/mol. The second-order valence-electron chi connectivity index (χ2n) is 4.93. The van der Waals surface area contributed by atoms with Gasteiger partial charge in [-0.05, 0) is 37.5 Å². The van der Waals surface area contributed by atoms with Crippen LogP contribution in [0.3, 0.4) is 0 Å². The average Bonchev–Trinajstić information content (AvgIpc) is 3.01. The Balaban J connectivity index is 1.87. The summed E-state index contributed by atoms with van der Waals surface area (Å²) in [6.45, 7) is 0.823. The lowest BCUT2D eigenvalue weighted by atomic mass is 9.96. The summed E-state index contributed by atoms with van der Waals surface area (Å²) in [5.74, 6) is 0.117. The van der Waals surface area contributed by atoms with Crippen LogP contribution in [-0.2, 0) is 0 Å². The summed E-state index contributed by atoms with van der Waals surface area (Å²) in [6, 6.07) is 11.6. The molecule has 1 aromatic carbocycles. The van der Waals surface area contributed by atoms with Gasteiger partial charge in [0, 0.05) is 17.7 Å². The van der Waals surface area contributed by atoms with Gasteiger partial charge in [-0.25, -0.2) is 0 Å². The number of amides is 1. The van der Waals surface area contributed by atoms with Gasteiger partial charge in [-0.1, -0.05) is 18.2 Å². The van der Waals surface area contributed by atoms with Crippen molar-refractivity contribution in [2.45, 2.75) is 25.3 Å². The Morgan fingerprint density at radius 2 is 2.00 bits per heavy atom. The van der Waals surface area contributed by atoms with Crippen molar-refractivity contribution < 1.29 is 9.21 Å². The number of carbonyl (C=O) groups excluding carboxylic acids is 1. The van der Waals surface area contributed by atoms with Crippen LogP contribution in [0, 0.1) is 0 Å². The van der Waals surface area contributed by atoms with Gasteiger partial charge in [0.25, 0.3) is 5.91 Å². The normalized spacial score (nSPS) is 19.4. The number of benzene rings is 1. The molecule has 3 rings (SSSR count). The zero-order valence-electron chi connectivity index (χ0n) is 10.8. The second kappa shape index (κ2) is 5.31. The van der Waals surface area contributed by atoms with Crippen molar-refractivity contribution >= 4 is 5.91 Å². The molecule has 3 heteroatoms. The van der Waals surface area contributed by atoms with Crippen molar-refractivity contribution in [1.82, 2.24) is 4.90 Å². The Kier molecular flexibility index (Phi) is 3.36. The zero-order valence-corrected chi connectivity index (χ0v) is 10.8. The molecule has 0 saturated carbocycles. The van der Waals surface area contributed by atoms with Gasteiger partial charge in [-0.15, -0.1) is 0 Å². The predicted octanol–water partition coefficient (Wildman–Crippen LogP) is 3.65. The minimum absolute atomic E-state index is 0.117.